The zero-order chi connectivity index (χ0) is 13.2. The van der Waals surface area contributed by atoms with Crippen LogP contribution in [0.5, 0.6) is 0 Å². The molecule has 0 atom stereocenters. The lowest BCUT2D eigenvalue weighted by molar-refractivity contribution is 0.394. The Labute approximate surface area is 113 Å². The van der Waals surface area contributed by atoms with E-state index in [4.69, 9.17) is 4.98 Å². The van der Waals surface area contributed by atoms with Crippen molar-refractivity contribution in [2.75, 3.05) is 30.4 Å². The van der Waals surface area contributed by atoms with E-state index in [1.165, 1.54) is 19.3 Å². The van der Waals surface area contributed by atoms with E-state index in [9.17, 15) is 0 Å². The Kier molecular flexibility index (Phi) is 3.27. The molecule has 19 heavy (non-hydrogen) atoms. The molecule has 1 N–H and O–H groups in total. The van der Waals surface area contributed by atoms with Crippen molar-refractivity contribution in [1.82, 2.24) is 14.4 Å². The van der Waals surface area contributed by atoms with Crippen molar-refractivity contribution in [3.63, 3.8) is 0 Å². The molecular weight excluding hydrogens is 238 g/mol. The minimum absolute atomic E-state index is 0.875. The highest BCUT2D eigenvalue weighted by molar-refractivity contribution is 5.66. The maximum atomic E-state index is 4.70. The molecule has 1 fully saturated rings. The highest BCUT2D eigenvalue weighted by Crippen LogP contribution is 2.27. The van der Waals surface area contributed by atoms with Gasteiger partial charge in [-0.2, -0.15) is 0 Å². The lowest BCUT2D eigenvalue weighted by Gasteiger charge is -2.32. The predicted octanol–water partition coefficient (Wildman–Crippen LogP) is 2.40. The topological polar surface area (TPSA) is 45.5 Å². The fourth-order valence-electron chi connectivity index (χ4n) is 2.80. The number of nitrogens with zero attached hydrogens (tertiary/aromatic N) is 4. The molecule has 5 nitrogen and oxygen atoms in total. The molecule has 5 heteroatoms. The van der Waals surface area contributed by atoms with Gasteiger partial charge in [-0.05, 0) is 18.8 Å². The van der Waals surface area contributed by atoms with Gasteiger partial charge in [0.05, 0.1) is 6.20 Å². The van der Waals surface area contributed by atoms with Gasteiger partial charge in [0.15, 0.2) is 11.5 Å². The highest BCUT2D eigenvalue weighted by atomic mass is 15.2. The fraction of sp³-hybridized carbons (Fsp3) is 0.571. The normalized spacial score (nSPS) is 17.1. The van der Waals surface area contributed by atoms with Gasteiger partial charge >= 0.3 is 0 Å². The van der Waals surface area contributed by atoms with Gasteiger partial charge < -0.3 is 14.6 Å². The molecule has 0 bridgehead atoms. The number of hydrogen-bond acceptors (Lipinski definition) is 4. The van der Waals surface area contributed by atoms with Crippen LogP contribution in [0.1, 0.15) is 26.2 Å². The lowest BCUT2D eigenvalue weighted by atomic mass is 9.94. The molecule has 0 unspecified atom stereocenters. The lowest BCUT2D eigenvalue weighted by Crippen LogP contribution is -2.34. The van der Waals surface area contributed by atoms with Gasteiger partial charge in [-0.25, -0.2) is 9.97 Å². The van der Waals surface area contributed by atoms with E-state index in [0.717, 1.165) is 36.3 Å². The summed E-state index contributed by atoms with van der Waals surface area (Å²) in [7, 11) is 1.90. The van der Waals surface area contributed by atoms with Crippen LogP contribution in [0.25, 0.3) is 5.65 Å². The molecule has 0 radical (unpaired) electrons. The van der Waals surface area contributed by atoms with E-state index in [0.29, 0.717) is 0 Å². The number of piperidine rings is 1. The molecular formula is C14H21N5. The first kappa shape index (κ1) is 12.3. The fourth-order valence-corrected chi connectivity index (χ4v) is 2.80. The SMILES string of the molecule is CCC1CCN(c2nc(NC)cn3ccnc23)CC1. The van der Waals surface area contributed by atoms with Gasteiger partial charge in [-0.15, -0.1) is 0 Å². The van der Waals surface area contributed by atoms with Crippen LogP contribution in [0, 0.1) is 5.92 Å². The molecule has 3 rings (SSSR count). The van der Waals surface area contributed by atoms with Gasteiger partial charge in [0, 0.05) is 32.5 Å². The molecule has 0 aromatic carbocycles. The molecule has 102 valence electrons. The van der Waals surface area contributed by atoms with Crippen LogP contribution >= 0.6 is 0 Å². The molecule has 0 aliphatic carbocycles. The molecule has 0 amide bonds. The zero-order valence-electron chi connectivity index (χ0n) is 11.6. The summed E-state index contributed by atoms with van der Waals surface area (Å²) in [5, 5.41) is 3.12. The molecule has 1 aliphatic heterocycles. The van der Waals surface area contributed by atoms with Crippen molar-refractivity contribution in [3.8, 4) is 0 Å². The first-order chi connectivity index (χ1) is 9.31. The summed E-state index contributed by atoms with van der Waals surface area (Å²) in [5.74, 6) is 2.77. The van der Waals surface area contributed by atoms with Crippen molar-refractivity contribution in [1.29, 1.82) is 0 Å². The summed E-state index contributed by atoms with van der Waals surface area (Å²) >= 11 is 0. The third kappa shape index (κ3) is 2.25. The van der Waals surface area contributed by atoms with Crippen LogP contribution in [0.3, 0.4) is 0 Å². The van der Waals surface area contributed by atoms with Gasteiger partial charge in [-0.1, -0.05) is 13.3 Å². The van der Waals surface area contributed by atoms with E-state index in [2.05, 4.69) is 22.1 Å². The standard InChI is InChI=1S/C14H21N5/c1-3-11-4-7-18(8-5-11)14-13-16-6-9-19(13)10-12(15-2)17-14/h6,9-11,15H,3-5,7-8H2,1-2H3. The average Bonchev–Trinajstić information content (AvgIpc) is 2.94. The predicted molar refractivity (Wildman–Crippen MR) is 77.8 cm³/mol. The van der Waals surface area contributed by atoms with E-state index in [-0.39, 0.29) is 0 Å². The van der Waals surface area contributed by atoms with Crippen LogP contribution in [0.4, 0.5) is 11.6 Å². The van der Waals surface area contributed by atoms with Gasteiger partial charge in [0.2, 0.25) is 0 Å². The van der Waals surface area contributed by atoms with Crippen LogP contribution in [-0.2, 0) is 0 Å². The zero-order valence-corrected chi connectivity index (χ0v) is 11.6. The smallest absolute Gasteiger partial charge is 0.180 e. The molecule has 2 aromatic heterocycles. The second-order valence-corrected chi connectivity index (χ2v) is 5.20. The Morgan fingerprint density at radius 2 is 2.16 bits per heavy atom. The van der Waals surface area contributed by atoms with Crippen LogP contribution in [-0.4, -0.2) is 34.5 Å². The first-order valence-corrected chi connectivity index (χ1v) is 7.08. The van der Waals surface area contributed by atoms with Gasteiger partial charge in [0.25, 0.3) is 0 Å². The van der Waals surface area contributed by atoms with Crippen molar-refractivity contribution < 1.29 is 0 Å². The number of imidazole rings is 1. The Bertz CT molecular complexity index is 554. The average molecular weight is 259 g/mol. The van der Waals surface area contributed by atoms with Crippen molar-refractivity contribution >= 4 is 17.3 Å². The van der Waals surface area contributed by atoms with Crippen LogP contribution < -0.4 is 10.2 Å². The van der Waals surface area contributed by atoms with Crippen LogP contribution in [0.2, 0.25) is 0 Å². The molecule has 1 saturated heterocycles. The summed E-state index contributed by atoms with van der Waals surface area (Å²) in [6, 6.07) is 0. The molecule has 0 saturated carbocycles. The van der Waals surface area contributed by atoms with Crippen LogP contribution in [0.15, 0.2) is 18.6 Å². The highest BCUT2D eigenvalue weighted by Gasteiger charge is 2.21. The summed E-state index contributed by atoms with van der Waals surface area (Å²) < 4.78 is 2.04. The van der Waals surface area contributed by atoms with E-state index in [1.807, 2.05) is 30.0 Å². The molecule has 1 aliphatic rings. The van der Waals surface area contributed by atoms with Crippen molar-refractivity contribution in [2.24, 2.45) is 5.92 Å². The minimum atomic E-state index is 0.875. The summed E-state index contributed by atoms with van der Waals surface area (Å²) in [4.78, 5) is 11.5. The summed E-state index contributed by atoms with van der Waals surface area (Å²) in [6.45, 7) is 4.45. The number of fused-ring (bicyclic) bond motifs is 1. The third-order valence-electron chi connectivity index (χ3n) is 4.10. The van der Waals surface area contributed by atoms with Crippen molar-refractivity contribution in [2.45, 2.75) is 26.2 Å². The third-order valence-corrected chi connectivity index (χ3v) is 4.10. The van der Waals surface area contributed by atoms with E-state index < -0.39 is 0 Å². The Morgan fingerprint density at radius 1 is 1.37 bits per heavy atom. The number of rotatable bonds is 3. The number of aromatic nitrogens is 3. The Balaban J connectivity index is 1.93. The van der Waals surface area contributed by atoms with Crippen molar-refractivity contribution in [3.05, 3.63) is 18.6 Å². The molecule has 3 heterocycles. The van der Waals surface area contributed by atoms with Gasteiger partial charge in [0.1, 0.15) is 5.82 Å². The number of anilines is 2. The maximum absolute atomic E-state index is 4.70. The largest absolute Gasteiger partial charge is 0.372 e. The minimum Gasteiger partial charge on any atom is -0.372 e. The second kappa shape index (κ2) is 5.07. The van der Waals surface area contributed by atoms with Gasteiger partial charge in [-0.3, -0.25) is 0 Å². The Hall–Kier alpha value is -1.78. The summed E-state index contributed by atoms with van der Waals surface area (Å²) in [6.07, 6.45) is 9.59. The number of hydrogen-bond donors (Lipinski definition) is 1. The Morgan fingerprint density at radius 3 is 2.84 bits per heavy atom. The molecule has 2 aromatic rings. The molecule has 0 spiro atoms. The maximum Gasteiger partial charge on any atom is 0.180 e. The summed E-state index contributed by atoms with van der Waals surface area (Å²) in [5.41, 5.74) is 0.953. The quantitative estimate of drug-likeness (QED) is 0.919. The van der Waals surface area contributed by atoms with E-state index in [1.54, 1.807) is 0 Å². The first-order valence-electron chi connectivity index (χ1n) is 7.08. The van der Waals surface area contributed by atoms with E-state index >= 15 is 0 Å². The monoisotopic (exact) mass is 259 g/mol. The number of nitrogens with one attached hydrogen (secondary N) is 1. The second-order valence-electron chi connectivity index (χ2n) is 5.20.